The summed E-state index contributed by atoms with van der Waals surface area (Å²) in [6, 6.07) is 11.6. The number of carbonyl (C=O) groups excluding carboxylic acids is 2. The number of aromatic nitrogens is 1. The Kier molecular flexibility index (Phi) is 5.73. The predicted octanol–water partition coefficient (Wildman–Crippen LogP) is 2.26. The Hall–Kier alpha value is -2.60. The van der Waals surface area contributed by atoms with Gasteiger partial charge in [-0.2, -0.15) is 0 Å². The monoisotopic (exact) mass is 355 g/mol. The van der Waals surface area contributed by atoms with Crippen molar-refractivity contribution in [3.05, 3.63) is 59.4 Å². The van der Waals surface area contributed by atoms with Gasteiger partial charge in [0.05, 0.1) is 25.3 Å². The summed E-state index contributed by atoms with van der Waals surface area (Å²) in [5.41, 5.74) is 2.71. The van der Waals surface area contributed by atoms with E-state index in [0.717, 1.165) is 24.9 Å². The SMILES string of the molecule is COC(=O)c1ccc(CNC(=O)CN2CCC[C@H]2c2cccn2C)cc1. The van der Waals surface area contributed by atoms with E-state index in [0.29, 0.717) is 24.7 Å². The van der Waals surface area contributed by atoms with Gasteiger partial charge in [-0.25, -0.2) is 4.79 Å². The van der Waals surface area contributed by atoms with Gasteiger partial charge in [-0.3, -0.25) is 9.69 Å². The topological polar surface area (TPSA) is 63.6 Å². The first-order valence-electron chi connectivity index (χ1n) is 8.87. The molecule has 3 rings (SSSR count). The van der Waals surface area contributed by atoms with Crippen molar-refractivity contribution in [3.63, 3.8) is 0 Å². The normalized spacial score (nSPS) is 17.2. The van der Waals surface area contributed by atoms with Crippen LogP contribution in [0.1, 0.15) is 40.5 Å². The molecule has 0 unspecified atom stereocenters. The van der Waals surface area contributed by atoms with E-state index in [-0.39, 0.29) is 11.9 Å². The number of rotatable bonds is 6. The van der Waals surface area contributed by atoms with Gasteiger partial charge in [-0.05, 0) is 49.2 Å². The van der Waals surface area contributed by atoms with Gasteiger partial charge in [0.2, 0.25) is 5.91 Å². The molecule has 1 fully saturated rings. The zero-order chi connectivity index (χ0) is 18.5. The minimum absolute atomic E-state index is 0.0168. The van der Waals surface area contributed by atoms with E-state index in [4.69, 9.17) is 0 Å². The Balaban J connectivity index is 1.52. The molecule has 1 aliphatic heterocycles. The summed E-state index contributed by atoms with van der Waals surface area (Å²) in [4.78, 5) is 26.0. The summed E-state index contributed by atoms with van der Waals surface area (Å²) in [5, 5.41) is 2.97. The number of hydrogen-bond acceptors (Lipinski definition) is 4. The van der Waals surface area contributed by atoms with Crippen LogP contribution >= 0.6 is 0 Å². The molecule has 1 aliphatic rings. The highest BCUT2D eigenvalue weighted by Gasteiger charge is 2.28. The Bertz CT molecular complexity index is 767. The Morgan fingerprint density at radius 2 is 2.00 bits per heavy atom. The lowest BCUT2D eigenvalue weighted by atomic mass is 10.1. The van der Waals surface area contributed by atoms with E-state index in [2.05, 4.69) is 25.6 Å². The number of methoxy groups -OCH3 is 1. The molecule has 2 heterocycles. The van der Waals surface area contributed by atoms with Crippen LogP contribution in [0.25, 0.3) is 0 Å². The lowest BCUT2D eigenvalue weighted by Gasteiger charge is -2.24. The molecule has 1 aromatic carbocycles. The van der Waals surface area contributed by atoms with Crippen molar-refractivity contribution in [2.75, 3.05) is 20.2 Å². The fourth-order valence-corrected chi connectivity index (χ4v) is 3.49. The zero-order valence-corrected chi connectivity index (χ0v) is 15.3. The Labute approximate surface area is 153 Å². The van der Waals surface area contributed by atoms with Crippen LogP contribution in [0, 0.1) is 0 Å². The minimum atomic E-state index is -0.360. The molecular formula is C20H25N3O3. The van der Waals surface area contributed by atoms with Gasteiger partial charge >= 0.3 is 5.97 Å². The van der Waals surface area contributed by atoms with Gasteiger partial charge < -0.3 is 14.6 Å². The summed E-state index contributed by atoms with van der Waals surface area (Å²) >= 11 is 0. The lowest BCUT2D eigenvalue weighted by Crippen LogP contribution is -2.37. The molecule has 2 aromatic rings. The standard InChI is InChI=1S/C20H25N3O3/c1-22-11-3-5-17(22)18-6-4-12-23(18)14-19(24)21-13-15-7-9-16(10-8-15)20(25)26-2/h3,5,7-11,18H,4,6,12-14H2,1-2H3,(H,21,24)/t18-/m0/s1. The van der Waals surface area contributed by atoms with Crippen LogP contribution in [0.5, 0.6) is 0 Å². The number of aryl methyl sites for hydroxylation is 1. The number of benzene rings is 1. The molecule has 0 saturated carbocycles. The van der Waals surface area contributed by atoms with Crippen molar-refractivity contribution < 1.29 is 14.3 Å². The second-order valence-electron chi connectivity index (χ2n) is 6.64. The molecule has 1 aromatic heterocycles. The maximum atomic E-state index is 12.4. The third-order valence-electron chi connectivity index (χ3n) is 4.90. The molecule has 1 saturated heterocycles. The van der Waals surface area contributed by atoms with Crippen LogP contribution in [0.4, 0.5) is 0 Å². The maximum absolute atomic E-state index is 12.4. The van der Waals surface area contributed by atoms with Gasteiger partial charge in [-0.15, -0.1) is 0 Å². The molecule has 1 atom stereocenters. The van der Waals surface area contributed by atoms with Crippen molar-refractivity contribution in [3.8, 4) is 0 Å². The third kappa shape index (κ3) is 4.14. The predicted molar refractivity (Wildman–Crippen MR) is 98.6 cm³/mol. The minimum Gasteiger partial charge on any atom is -0.465 e. The van der Waals surface area contributed by atoms with Crippen LogP contribution < -0.4 is 5.32 Å². The first-order valence-corrected chi connectivity index (χ1v) is 8.87. The first kappa shape index (κ1) is 18.2. The molecule has 1 amide bonds. The first-order chi connectivity index (χ1) is 12.6. The quantitative estimate of drug-likeness (QED) is 0.808. The summed E-state index contributed by atoms with van der Waals surface area (Å²) in [6.07, 6.45) is 4.24. The van der Waals surface area contributed by atoms with E-state index in [1.54, 1.807) is 12.1 Å². The molecule has 6 nitrogen and oxygen atoms in total. The van der Waals surface area contributed by atoms with E-state index in [1.165, 1.54) is 12.8 Å². The number of esters is 1. The second-order valence-corrected chi connectivity index (χ2v) is 6.64. The molecule has 0 bridgehead atoms. The molecule has 0 aliphatic carbocycles. The Morgan fingerprint density at radius 3 is 2.65 bits per heavy atom. The largest absolute Gasteiger partial charge is 0.465 e. The van der Waals surface area contributed by atoms with Crippen molar-refractivity contribution in [2.45, 2.75) is 25.4 Å². The number of nitrogens with one attached hydrogen (secondary N) is 1. The number of likely N-dealkylation sites (tertiary alicyclic amines) is 1. The highest BCUT2D eigenvalue weighted by Crippen LogP contribution is 2.31. The van der Waals surface area contributed by atoms with Crippen molar-refractivity contribution in [2.24, 2.45) is 7.05 Å². The fraction of sp³-hybridized carbons (Fsp3) is 0.400. The molecule has 0 radical (unpaired) electrons. The number of amides is 1. The van der Waals surface area contributed by atoms with Crippen molar-refractivity contribution in [1.82, 2.24) is 14.8 Å². The number of ether oxygens (including phenoxy) is 1. The summed E-state index contributed by atoms with van der Waals surface area (Å²) in [5.74, 6) is -0.343. The molecular weight excluding hydrogens is 330 g/mol. The average molecular weight is 355 g/mol. The summed E-state index contributed by atoms with van der Waals surface area (Å²) in [6.45, 7) is 1.79. The third-order valence-corrected chi connectivity index (χ3v) is 4.90. The van der Waals surface area contributed by atoms with Gasteiger partial charge in [0.1, 0.15) is 0 Å². The van der Waals surface area contributed by atoms with Crippen molar-refractivity contribution >= 4 is 11.9 Å². The number of hydrogen-bond donors (Lipinski definition) is 1. The number of carbonyl (C=O) groups is 2. The van der Waals surface area contributed by atoms with Crippen molar-refractivity contribution in [1.29, 1.82) is 0 Å². The molecule has 138 valence electrons. The maximum Gasteiger partial charge on any atom is 0.337 e. The molecule has 6 heteroatoms. The molecule has 1 N–H and O–H groups in total. The smallest absolute Gasteiger partial charge is 0.337 e. The summed E-state index contributed by atoms with van der Waals surface area (Å²) in [7, 11) is 3.40. The number of nitrogens with zero attached hydrogens (tertiary/aromatic N) is 2. The second kappa shape index (κ2) is 8.19. The zero-order valence-electron chi connectivity index (χ0n) is 15.3. The van der Waals surface area contributed by atoms with Crippen LogP contribution in [-0.4, -0.2) is 41.5 Å². The van der Waals surface area contributed by atoms with E-state index >= 15 is 0 Å². The van der Waals surface area contributed by atoms with Crippen LogP contribution in [0.15, 0.2) is 42.6 Å². The van der Waals surface area contributed by atoms with E-state index in [9.17, 15) is 9.59 Å². The van der Waals surface area contributed by atoms with Crippen LogP contribution in [-0.2, 0) is 23.1 Å². The van der Waals surface area contributed by atoms with E-state index in [1.807, 2.05) is 31.4 Å². The van der Waals surface area contributed by atoms with Crippen LogP contribution in [0.2, 0.25) is 0 Å². The highest BCUT2D eigenvalue weighted by atomic mass is 16.5. The Morgan fingerprint density at radius 1 is 1.23 bits per heavy atom. The van der Waals surface area contributed by atoms with Gasteiger partial charge in [0, 0.05) is 25.5 Å². The lowest BCUT2D eigenvalue weighted by molar-refractivity contribution is -0.122. The van der Waals surface area contributed by atoms with Gasteiger partial charge in [0.15, 0.2) is 0 Å². The van der Waals surface area contributed by atoms with Gasteiger partial charge in [-0.1, -0.05) is 12.1 Å². The van der Waals surface area contributed by atoms with E-state index < -0.39 is 0 Å². The average Bonchev–Trinajstić information content (AvgIpc) is 3.28. The van der Waals surface area contributed by atoms with Crippen LogP contribution in [0.3, 0.4) is 0 Å². The van der Waals surface area contributed by atoms with Gasteiger partial charge in [0.25, 0.3) is 0 Å². The molecule has 0 spiro atoms. The molecule has 26 heavy (non-hydrogen) atoms. The highest BCUT2D eigenvalue weighted by molar-refractivity contribution is 5.89. The summed E-state index contributed by atoms with van der Waals surface area (Å²) < 4.78 is 6.81. The fourth-order valence-electron chi connectivity index (χ4n) is 3.49.